The van der Waals surface area contributed by atoms with Crippen molar-refractivity contribution in [2.45, 2.75) is 47.5 Å². The maximum atomic E-state index is 2.48. The molecule has 1 atom stereocenters. The summed E-state index contributed by atoms with van der Waals surface area (Å²) in [4.78, 5) is 2.37. The summed E-state index contributed by atoms with van der Waals surface area (Å²) >= 11 is 0. The summed E-state index contributed by atoms with van der Waals surface area (Å²) in [5.74, 6) is 1.94. The second kappa shape index (κ2) is 9.63. The quantitative estimate of drug-likeness (QED) is 0.497. The Bertz CT molecular complexity index is 468. The van der Waals surface area contributed by atoms with Gasteiger partial charge in [0, 0.05) is 32.7 Å². The Hall–Kier alpha value is -0.336. The number of benzene rings is 1. The van der Waals surface area contributed by atoms with Crippen LogP contribution in [0.4, 0.5) is 0 Å². The van der Waals surface area contributed by atoms with Crippen LogP contribution in [-0.4, -0.2) is 35.4 Å². The third kappa shape index (κ3) is 3.90. The van der Waals surface area contributed by atoms with Gasteiger partial charge in [0.05, 0.1) is 13.6 Å². The Morgan fingerprint density at radius 3 is 2.33 bits per heavy atom. The van der Waals surface area contributed by atoms with Gasteiger partial charge >= 0.3 is 0 Å². The van der Waals surface area contributed by atoms with E-state index < -0.39 is 0 Å². The van der Waals surface area contributed by atoms with Crippen molar-refractivity contribution in [3.63, 3.8) is 0 Å². The Labute approximate surface area is 156 Å². The first-order valence-corrected chi connectivity index (χ1v) is 7.98. The molecule has 21 heavy (non-hydrogen) atoms. The summed E-state index contributed by atoms with van der Waals surface area (Å²) in [6.45, 7) is 14.8. The standard InChI is InChI=1S/C14H18N2.2C2H6.Y/c1-10-11(2)16-9-8-15(3)14(16)13-7-5-4-6-12(10)13;2*1-2;/h4-7,10H,8-9H2,1-3H3;2*1-2H3;. The largest absolute Gasteiger partial charge is 0.388 e. The first kappa shape index (κ1) is 20.7. The molecule has 0 aliphatic carbocycles. The van der Waals surface area contributed by atoms with Crippen LogP contribution in [0, 0.1) is 6.04 Å². The van der Waals surface area contributed by atoms with E-state index in [9.17, 15) is 0 Å². The maximum Gasteiger partial charge on any atom is 0.136 e. The number of likely N-dealkylation sites (N-methyl/N-ethyl adjacent to an activating group) is 1. The topological polar surface area (TPSA) is 6.25 Å². The molecule has 1 aromatic rings. The summed E-state index contributed by atoms with van der Waals surface area (Å²) in [5.41, 5.74) is 2.89. The summed E-state index contributed by atoms with van der Waals surface area (Å²) in [7, 11) is 2.19. The molecule has 115 valence electrons. The Morgan fingerprint density at radius 2 is 1.71 bits per heavy atom. The normalized spacial score (nSPS) is 18.5. The second-order valence-corrected chi connectivity index (χ2v) is 4.85. The van der Waals surface area contributed by atoms with Crippen LogP contribution >= 0.6 is 0 Å². The van der Waals surface area contributed by atoms with Crippen LogP contribution in [0.25, 0.3) is 0 Å². The van der Waals surface area contributed by atoms with Gasteiger partial charge in [-0.25, -0.2) is 0 Å². The number of hydrogen-bond acceptors (Lipinski definition) is 1. The van der Waals surface area contributed by atoms with Crippen LogP contribution in [0.15, 0.2) is 24.3 Å². The van der Waals surface area contributed by atoms with E-state index in [1.165, 1.54) is 23.0 Å². The van der Waals surface area contributed by atoms with Gasteiger partial charge in [-0.3, -0.25) is 0 Å². The summed E-state index contributed by atoms with van der Waals surface area (Å²) in [6, 6.07) is 10.3. The third-order valence-electron chi connectivity index (χ3n) is 4.00. The molecule has 2 aliphatic rings. The van der Waals surface area contributed by atoms with Crippen molar-refractivity contribution < 1.29 is 37.3 Å². The Morgan fingerprint density at radius 1 is 1.14 bits per heavy atom. The Kier molecular flexibility index (Phi) is 9.48. The molecular weight excluding hydrogens is 333 g/mol. The SMILES string of the molecule is CC.CC.C[C-]1C(C)c2ccccc2C2=[N+]1CCN2C.[Y]. The zero-order valence-corrected chi connectivity index (χ0v) is 17.6. The molecule has 0 spiro atoms. The van der Waals surface area contributed by atoms with Gasteiger partial charge < -0.3 is 9.48 Å². The molecule has 2 aliphatic heterocycles. The minimum atomic E-state index is 0. The average molecular weight is 363 g/mol. The van der Waals surface area contributed by atoms with Crippen molar-refractivity contribution in [2.75, 3.05) is 20.1 Å². The van der Waals surface area contributed by atoms with Gasteiger partial charge in [-0.1, -0.05) is 77.4 Å². The number of hydrogen-bond donors (Lipinski definition) is 0. The molecule has 1 unspecified atom stereocenters. The molecule has 1 aromatic carbocycles. The number of amidine groups is 1. The van der Waals surface area contributed by atoms with Crippen LogP contribution in [0.5, 0.6) is 0 Å². The van der Waals surface area contributed by atoms with Crippen molar-refractivity contribution in [1.29, 1.82) is 0 Å². The molecule has 0 saturated carbocycles. The minimum absolute atomic E-state index is 0. The fourth-order valence-corrected chi connectivity index (χ4v) is 2.90. The van der Waals surface area contributed by atoms with Gasteiger partial charge in [0.1, 0.15) is 12.4 Å². The summed E-state index contributed by atoms with van der Waals surface area (Å²) < 4.78 is 2.48. The number of fused-ring (bicyclic) bond motifs is 2. The van der Waals surface area contributed by atoms with E-state index in [4.69, 9.17) is 0 Å². The molecule has 0 amide bonds. The van der Waals surface area contributed by atoms with Gasteiger partial charge in [0.15, 0.2) is 0 Å². The molecule has 3 heteroatoms. The second-order valence-electron chi connectivity index (χ2n) is 4.85. The molecular formula is C18H30N2Y. The van der Waals surface area contributed by atoms with Gasteiger partial charge in [-0.05, 0) is 11.5 Å². The molecule has 0 bridgehead atoms. The zero-order valence-electron chi connectivity index (χ0n) is 14.8. The van der Waals surface area contributed by atoms with Crippen molar-refractivity contribution in [3.05, 3.63) is 41.4 Å². The third-order valence-corrected chi connectivity index (χ3v) is 4.00. The molecule has 0 fully saturated rings. The van der Waals surface area contributed by atoms with E-state index in [-0.39, 0.29) is 32.7 Å². The molecule has 2 heterocycles. The average Bonchev–Trinajstić information content (AvgIpc) is 2.91. The van der Waals surface area contributed by atoms with Gasteiger partial charge in [0.25, 0.3) is 0 Å². The van der Waals surface area contributed by atoms with Crippen LogP contribution < -0.4 is 0 Å². The van der Waals surface area contributed by atoms with Crippen LogP contribution in [0.1, 0.15) is 58.6 Å². The summed E-state index contributed by atoms with van der Waals surface area (Å²) in [6.07, 6.45) is 0. The first-order valence-electron chi connectivity index (χ1n) is 7.98. The Balaban J connectivity index is 0.000000741. The molecule has 1 radical (unpaired) electrons. The van der Waals surface area contributed by atoms with Crippen LogP contribution in [-0.2, 0) is 32.7 Å². The minimum Gasteiger partial charge on any atom is -0.388 e. The van der Waals surface area contributed by atoms with E-state index >= 15 is 0 Å². The predicted molar refractivity (Wildman–Crippen MR) is 88.3 cm³/mol. The van der Waals surface area contributed by atoms with E-state index in [1.54, 1.807) is 0 Å². The monoisotopic (exact) mass is 363 g/mol. The molecule has 3 rings (SSSR count). The van der Waals surface area contributed by atoms with E-state index in [0.717, 1.165) is 13.1 Å². The van der Waals surface area contributed by atoms with Gasteiger partial charge in [-0.15, -0.1) is 0 Å². The summed E-state index contributed by atoms with van der Waals surface area (Å²) in [5, 5.41) is 0. The molecule has 0 N–H and O–H groups in total. The zero-order chi connectivity index (χ0) is 15.3. The van der Waals surface area contributed by atoms with Crippen LogP contribution in [0.3, 0.4) is 0 Å². The van der Waals surface area contributed by atoms with Crippen molar-refractivity contribution in [2.24, 2.45) is 0 Å². The fourth-order valence-electron chi connectivity index (χ4n) is 2.90. The van der Waals surface area contributed by atoms with Gasteiger partial charge in [0.2, 0.25) is 0 Å². The molecule has 2 nitrogen and oxygen atoms in total. The molecule has 0 aromatic heterocycles. The predicted octanol–water partition coefficient (Wildman–Crippen LogP) is 4.11. The van der Waals surface area contributed by atoms with Gasteiger partial charge in [-0.2, -0.15) is 0 Å². The van der Waals surface area contributed by atoms with Crippen molar-refractivity contribution >= 4 is 5.84 Å². The van der Waals surface area contributed by atoms with Crippen LogP contribution in [0.2, 0.25) is 0 Å². The first-order chi connectivity index (χ1) is 9.70. The van der Waals surface area contributed by atoms with E-state index in [0.29, 0.717) is 5.92 Å². The van der Waals surface area contributed by atoms with E-state index in [2.05, 4.69) is 54.6 Å². The smallest absolute Gasteiger partial charge is 0.136 e. The maximum absolute atomic E-state index is 2.48. The van der Waals surface area contributed by atoms with Crippen molar-refractivity contribution in [3.8, 4) is 0 Å². The van der Waals surface area contributed by atoms with E-state index in [1.807, 2.05) is 27.7 Å². The number of rotatable bonds is 0. The molecule has 0 saturated heterocycles. The number of nitrogens with zero attached hydrogens (tertiary/aromatic N) is 2. The fraction of sp³-hybridized carbons (Fsp3) is 0.556. The van der Waals surface area contributed by atoms with Crippen molar-refractivity contribution in [1.82, 2.24) is 4.90 Å².